The predicted molar refractivity (Wildman–Crippen MR) is 118 cm³/mol. The quantitative estimate of drug-likeness (QED) is 0.447. The molecule has 0 aliphatic carbocycles. The fourth-order valence-electron chi connectivity index (χ4n) is 2.82. The third kappa shape index (κ3) is 8.00. The number of aryl methyl sites for hydroxylation is 1. The number of rotatable bonds is 10. The number of nitrogens with zero attached hydrogens (tertiary/aromatic N) is 1. The van der Waals surface area contributed by atoms with Crippen molar-refractivity contribution < 1.29 is 23.9 Å². The van der Waals surface area contributed by atoms with E-state index in [-0.39, 0.29) is 13.0 Å². The van der Waals surface area contributed by atoms with Crippen molar-refractivity contribution in [3.05, 3.63) is 59.7 Å². The van der Waals surface area contributed by atoms with Crippen LogP contribution in [-0.4, -0.2) is 44.1 Å². The van der Waals surface area contributed by atoms with Gasteiger partial charge in [0.2, 0.25) is 0 Å². The number of carbonyl (C=O) groups is 3. The van der Waals surface area contributed by atoms with E-state index in [9.17, 15) is 14.4 Å². The summed E-state index contributed by atoms with van der Waals surface area (Å²) < 4.78 is 10.4. The Hall–Kier alpha value is -3.55. The van der Waals surface area contributed by atoms with E-state index in [0.29, 0.717) is 11.3 Å². The van der Waals surface area contributed by atoms with Crippen molar-refractivity contribution in [2.45, 2.75) is 27.2 Å². The number of hydrogen-bond donors (Lipinski definition) is 2. The number of benzene rings is 2. The first-order chi connectivity index (χ1) is 14.9. The second kappa shape index (κ2) is 12.2. The molecule has 2 rings (SSSR count). The van der Waals surface area contributed by atoms with E-state index >= 15 is 0 Å². The summed E-state index contributed by atoms with van der Waals surface area (Å²) in [6, 6.07) is 14.5. The van der Waals surface area contributed by atoms with Gasteiger partial charge in [-0.15, -0.1) is 0 Å². The summed E-state index contributed by atoms with van der Waals surface area (Å²) in [7, 11) is 0. The molecule has 0 saturated carbocycles. The van der Waals surface area contributed by atoms with Crippen molar-refractivity contribution in [3.8, 4) is 5.75 Å². The normalized spacial score (nSPS) is 10.2. The maximum Gasteiger partial charge on any atom is 0.309 e. The Labute approximate surface area is 182 Å². The largest absolute Gasteiger partial charge is 0.493 e. The van der Waals surface area contributed by atoms with Gasteiger partial charge < -0.3 is 14.4 Å². The molecule has 2 amide bonds. The lowest BCUT2D eigenvalue weighted by Gasteiger charge is -2.21. The van der Waals surface area contributed by atoms with Crippen LogP contribution in [-0.2, 0) is 14.3 Å². The summed E-state index contributed by atoms with van der Waals surface area (Å²) >= 11 is 0. The lowest BCUT2D eigenvalue weighted by atomic mass is 10.2. The molecule has 31 heavy (non-hydrogen) atoms. The average molecular weight is 428 g/mol. The minimum atomic E-state index is -0.638. The molecule has 0 fully saturated rings. The zero-order chi connectivity index (χ0) is 22.6. The number of esters is 1. The zero-order valence-electron chi connectivity index (χ0n) is 18.1. The van der Waals surface area contributed by atoms with Crippen LogP contribution in [0.1, 0.15) is 36.2 Å². The summed E-state index contributed by atoms with van der Waals surface area (Å²) in [5.74, 6) is -1.00. The highest BCUT2D eigenvalue weighted by atomic mass is 16.5. The van der Waals surface area contributed by atoms with Gasteiger partial charge in [0, 0.05) is 24.3 Å². The molecule has 0 aromatic heterocycles. The zero-order valence-corrected chi connectivity index (χ0v) is 18.1. The van der Waals surface area contributed by atoms with Gasteiger partial charge in [0.1, 0.15) is 5.75 Å². The third-order valence-corrected chi connectivity index (χ3v) is 4.50. The first-order valence-corrected chi connectivity index (χ1v) is 10.2. The van der Waals surface area contributed by atoms with Gasteiger partial charge >= 0.3 is 5.97 Å². The molecule has 8 nitrogen and oxygen atoms in total. The Kier molecular flexibility index (Phi) is 9.35. The Bertz CT molecular complexity index is 879. The van der Waals surface area contributed by atoms with Crippen LogP contribution in [0.4, 0.5) is 5.69 Å². The maximum absolute atomic E-state index is 12.1. The van der Waals surface area contributed by atoms with Crippen molar-refractivity contribution in [2.24, 2.45) is 0 Å². The minimum Gasteiger partial charge on any atom is -0.493 e. The lowest BCUT2D eigenvalue weighted by molar-refractivity contribution is -0.149. The number of anilines is 1. The molecule has 0 radical (unpaired) electrons. The molecule has 166 valence electrons. The number of nitrogens with one attached hydrogen (secondary N) is 2. The molecule has 0 aliphatic heterocycles. The maximum atomic E-state index is 12.1. The van der Waals surface area contributed by atoms with Crippen LogP contribution in [0.15, 0.2) is 48.5 Å². The number of ether oxygens (including phenoxy) is 2. The van der Waals surface area contributed by atoms with E-state index in [4.69, 9.17) is 9.47 Å². The molecular formula is C23H29N3O5. The summed E-state index contributed by atoms with van der Waals surface area (Å²) in [6.45, 7) is 7.45. The van der Waals surface area contributed by atoms with Crippen LogP contribution in [0.25, 0.3) is 0 Å². The van der Waals surface area contributed by atoms with E-state index in [2.05, 4.69) is 29.6 Å². The van der Waals surface area contributed by atoms with Gasteiger partial charge in [0.25, 0.3) is 11.8 Å². The van der Waals surface area contributed by atoms with E-state index in [1.807, 2.05) is 37.3 Å². The van der Waals surface area contributed by atoms with Crippen LogP contribution < -0.4 is 20.5 Å². The van der Waals surface area contributed by atoms with Crippen LogP contribution in [0, 0.1) is 6.92 Å². The summed E-state index contributed by atoms with van der Waals surface area (Å²) in [5.41, 5.74) is 7.00. The topological polar surface area (TPSA) is 97.0 Å². The van der Waals surface area contributed by atoms with Crippen molar-refractivity contribution in [1.82, 2.24) is 10.9 Å². The molecule has 2 aromatic carbocycles. The molecule has 2 aromatic rings. The fourth-order valence-corrected chi connectivity index (χ4v) is 2.82. The lowest BCUT2D eigenvalue weighted by Crippen LogP contribution is -2.43. The number of amides is 2. The standard InChI is InChI=1S/C23H29N3O5/c1-4-26(5-2)19-11-9-18(10-12-19)23(29)25-24-21(27)16-31-22(28)13-14-30-20-8-6-7-17(3)15-20/h6-12,15H,4-5,13-14,16H2,1-3H3,(H,24,27)(H,25,29). The smallest absolute Gasteiger partial charge is 0.309 e. The molecule has 0 unspecified atom stereocenters. The number of hydrogen-bond acceptors (Lipinski definition) is 6. The van der Waals surface area contributed by atoms with Crippen LogP contribution in [0.5, 0.6) is 5.75 Å². The second-order valence-corrected chi connectivity index (χ2v) is 6.80. The third-order valence-electron chi connectivity index (χ3n) is 4.50. The van der Waals surface area contributed by atoms with Crippen LogP contribution >= 0.6 is 0 Å². The van der Waals surface area contributed by atoms with Gasteiger partial charge in [-0.3, -0.25) is 25.2 Å². The molecule has 0 spiro atoms. The number of hydrazine groups is 1. The Morgan fingerprint density at radius 1 is 0.968 bits per heavy atom. The van der Waals surface area contributed by atoms with E-state index in [0.717, 1.165) is 24.3 Å². The van der Waals surface area contributed by atoms with Crippen molar-refractivity contribution in [1.29, 1.82) is 0 Å². The SMILES string of the molecule is CCN(CC)c1ccc(C(=O)NNC(=O)COC(=O)CCOc2cccc(C)c2)cc1. The molecule has 0 bridgehead atoms. The van der Waals surface area contributed by atoms with Gasteiger partial charge in [0.15, 0.2) is 6.61 Å². The molecule has 8 heteroatoms. The highest BCUT2D eigenvalue weighted by Gasteiger charge is 2.11. The van der Waals surface area contributed by atoms with Crippen LogP contribution in [0.3, 0.4) is 0 Å². The molecule has 0 atom stereocenters. The van der Waals surface area contributed by atoms with Crippen molar-refractivity contribution in [3.63, 3.8) is 0 Å². The van der Waals surface area contributed by atoms with E-state index in [1.54, 1.807) is 18.2 Å². The summed E-state index contributed by atoms with van der Waals surface area (Å²) in [4.78, 5) is 37.8. The highest BCUT2D eigenvalue weighted by molar-refractivity contribution is 5.95. The Morgan fingerprint density at radius 3 is 2.32 bits per heavy atom. The second-order valence-electron chi connectivity index (χ2n) is 6.80. The monoisotopic (exact) mass is 427 g/mol. The minimum absolute atomic E-state index is 0.00642. The van der Waals surface area contributed by atoms with Crippen molar-refractivity contribution in [2.75, 3.05) is 31.2 Å². The van der Waals surface area contributed by atoms with Gasteiger partial charge in [-0.25, -0.2) is 0 Å². The highest BCUT2D eigenvalue weighted by Crippen LogP contribution is 2.15. The van der Waals surface area contributed by atoms with Crippen molar-refractivity contribution >= 4 is 23.5 Å². The molecule has 2 N–H and O–H groups in total. The predicted octanol–water partition coefficient (Wildman–Crippen LogP) is 2.61. The number of carbonyl (C=O) groups excluding carboxylic acids is 3. The fraction of sp³-hybridized carbons (Fsp3) is 0.348. The molecular weight excluding hydrogens is 398 g/mol. The van der Waals surface area contributed by atoms with E-state index in [1.165, 1.54) is 0 Å². The first-order valence-electron chi connectivity index (χ1n) is 10.2. The van der Waals surface area contributed by atoms with Gasteiger partial charge in [-0.05, 0) is 62.7 Å². The Balaban J connectivity index is 1.66. The molecule has 0 heterocycles. The van der Waals surface area contributed by atoms with Gasteiger partial charge in [-0.1, -0.05) is 12.1 Å². The summed E-state index contributed by atoms with van der Waals surface area (Å²) in [6.07, 6.45) is 0.00642. The first kappa shape index (κ1) is 23.7. The summed E-state index contributed by atoms with van der Waals surface area (Å²) in [5, 5.41) is 0. The van der Waals surface area contributed by atoms with E-state index < -0.39 is 24.4 Å². The molecule has 0 saturated heterocycles. The average Bonchev–Trinajstić information content (AvgIpc) is 2.77. The Morgan fingerprint density at radius 2 is 1.68 bits per heavy atom. The van der Waals surface area contributed by atoms with Gasteiger partial charge in [-0.2, -0.15) is 0 Å². The van der Waals surface area contributed by atoms with Crippen LogP contribution in [0.2, 0.25) is 0 Å². The molecule has 0 aliphatic rings. The van der Waals surface area contributed by atoms with Gasteiger partial charge in [0.05, 0.1) is 13.0 Å².